The summed E-state index contributed by atoms with van der Waals surface area (Å²) in [6.45, 7) is 4.05. The summed E-state index contributed by atoms with van der Waals surface area (Å²) < 4.78 is 34.0. The van der Waals surface area contributed by atoms with Crippen LogP contribution in [0.3, 0.4) is 0 Å². The third kappa shape index (κ3) is 50.4. The zero-order valence-electron chi connectivity index (χ0n) is 42.2. The van der Waals surface area contributed by atoms with E-state index in [1.807, 2.05) is 21.1 Å². The smallest absolute Gasteiger partial charge is 0.306 e. The monoisotopic (exact) mass is 930 g/mol. The van der Waals surface area contributed by atoms with Crippen molar-refractivity contribution in [2.24, 2.45) is 0 Å². The molecule has 0 saturated carbocycles. The van der Waals surface area contributed by atoms with E-state index in [2.05, 4.69) is 98.9 Å². The van der Waals surface area contributed by atoms with E-state index in [9.17, 15) is 19.0 Å². The molecular weight excluding hydrogens is 834 g/mol. The molecule has 2 unspecified atom stereocenters. The Hall–Kier alpha value is -2.81. The lowest BCUT2D eigenvalue weighted by Crippen LogP contribution is -2.37. The van der Waals surface area contributed by atoms with Crippen LogP contribution in [0.1, 0.15) is 200 Å². The molecule has 0 rings (SSSR count). The van der Waals surface area contributed by atoms with Crippen LogP contribution in [-0.4, -0.2) is 70.0 Å². The number of quaternary nitrogens is 1. The van der Waals surface area contributed by atoms with Gasteiger partial charge in [0.2, 0.25) is 0 Å². The Bertz CT molecular complexity index is 1380. The molecule has 10 heteroatoms. The summed E-state index contributed by atoms with van der Waals surface area (Å²) >= 11 is 0. The van der Waals surface area contributed by atoms with Crippen molar-refractivity contribution >= 4 is 19.8 Å². The predicted octanol–water partition coefficient (Wildman–Crippen LogP) is 14.9. The van der Waals surface area contributed by atoms with Crippen LogP contribution in [0, 0.1) is 0 Å². The van der Waals surface area contributed by atoms with Gasteiger partial charge in [0.05, 0.1) is 27.7 Å². The van der Waals surface area contributed by atoms with Gasteiger partial charge in [0.1, 0.15) is 19.8 Å². The van der Waals surface area contributed by atoms with E-state index < -0.39 is 32.5 Å². The zero-order valence-corrected chi connectivity index (χ0v) is 43.0. The van der Waals surface area contributed by atoms with Gasteiger partial charge in [-0.25, -0.2) is 0 Å². The van der Waals surface area contributed by atoms with Crippen LogP contribution in [0.2, 0.25) is 0 Å². The van der Waals surface area contributed by atoms with Crippen LogP contribution in [0.4, 0.5) is 0 Å². The second-order valence-corrected chi connectivity index (χ2v) is 19.6. The highest BCUT2D eigenvalue weighted by Crippen LogP contribution is 2.38. The third-order valence-corrected chi connectivity index (χ3v) is 11.6. The van der Waals surface area contributed by atoms with E-state index in [0.717, 1.165) is 103 Å². The lowest BCUT2D eigenvalue weighted by Gasteiger charge is -2.28. The van der Waals surface area contributed by atoms with Crippen LogP contribution in [0.15, 0.2) is 85.1 Å². The van der Waals surface area contributed by atoms with Crippen LogP contribution in [-0.2, 0) is 32.7 Å². The first kappa shape index (κ1) is 62.2. The molecule has 0 aromatic rings. The average Bonchev–Trinajstić information content (AvgIpc) is 3.26. The number of hydrogen-bond donors (Lipinski definition) is 0. The normalized spacial score (nSPS) is 14.1. The van der Waals surface area contributed by atoms with Gasteiger partial charge in [0, 0.05) is 12.8 Å². The van der Waals surface area contributed by atoms with E-state index in [4.69, 9.17) is 18.5 Å². The molecule has 65 heavy (non-hydrogen) atoms. The van der Waals surface area contributed by atoms with Gasteiger partial charge in [-0.15, -0.1) is 0 Å². The first-order valence-corrected chi connectivity index (χ1v) is 27.3. The van der Waals surface area contributed by atoms with Gasteiger partial charge in [-0.05, 0) is 83.5 Å². The van der Waals surface area contributed by atoms with Crippen molar-refractivity contribution < 1.29 is 42.1 Å². The maximum atomic E-state index is 12.7. The quantitative estimate of drug-likeness (QED) is 0.0195. The fraction of sp³-hybridized carbons (Fsp3) is 0.709. The SMILES string of the molecule is CC/C=C\C/C=C\C/C=C\C/C=C\C/C=C\CCCCCCCCCCCCCC(=O)OC(COC(=O)CCCCCCC/C=C\C/C=C\CCCC)COP(=O)([O-])OCC[N+](C)(C)C. The molecule has 0 aliphatic rings. The molecule has 2 atom stereocenters. The number of carbonyl (C=O) groups excluding carboxylic acids is 2. The summed E-state index contributed by atoms with van der Waals surface area (Å²) in [4.78, 5) is 37.7. The summed E-state index contributed by atoms with van der Waals surface area (Å²) in [6, 6.07) is 0. The lowest BCUT2D eigenvalue weighted by molar-refractivity contribution is -0.870. The molecule has 0 bridgehead atoms. The molecule has 0 aliphatic carbocycles. The number of nitrogens with zero attached hydrogens (tertiary/aromatic N) is 1. The van der Waals surface area contributed by atoms with E-state index in [1.165, 1.54) is 57.8 Å². The lowest BCUT2D eigenvalue weighted by atomic mass is 10.0. The van der Waals surface area contributed by atoms with E-state index in [-0.39, 0.29) is 26.1 Å². The molecule has 0 fully saturated rings. The van der Waals surface area contributed by atoms with Crippen molar-refractivity contribution in [1.82, 2.24) is 0 Å². The number of hydrogen-bond acceptors (Lipinski definition) is 8. The van der Waals surface area contributed by atoms with Gasteiger partial charge >= 0.3 is 11.9 Å². The summed E-state index contributed by atoms with van der Waals surface area (Å²) in [6.07, 6.45) is 60.4. The van der Waals surface area contributed by atoms with E-state index in [1.54, 1.807) is 0 Å². The fourth-order valence-corrected chi connectivity index (χ4v) is 7.37. The van der Waals surface area contributed by atoms with Crippen LogP contribution < -0.4 is 4.89 Å². The second-order valence-electron chi connectivity index (χ2n) is 18.1. The summed E-state index contributed by atoms with van der Waals surface area (Å²) in [7, 11) is 1.15. The van der Waals surface area contributed by atoms with E-state index >= 15 is 0 Å². The fourth-order valence-electron chi connectivity index (χ4n) is 6.64. The van der Waals surface area contributed by atoms with Crippen LogP contribution >= 0.6 is 7.82 Å². The van der Waals surface area contributed by atoms with E-state index in [0.29, 0.717) is 23.9 Å². The molecule has 0 amide bonds. The highest BCUT2D eigenvalue weighted by Gasteiger charge is 2.21. The van der Waals surface area contributed by atoms with Crippen LogP contribution in [0.25, 0.3) is 0 Å². The molecule has 0 heterocycles. The Labute approximate surface area is 399 Å². The summed E-state index contributed by atoms with van der Waals surface area (Å²) in [5.41, 5.74) is 0. The molecule has 0 radical (unpaired) electrons. The van der Waals surface area contributed by atoms with Gasteiger partial charge in [0.25, 0.3) is 7.82 Å². The zero-order chi connectivity index (χ0) is 47.8. The average molecular weight is 930 g/mol. The minimum Gasteiger partial charge on any atom is -0.756 e. The maximum absolute atomic E-state index is 12.7. The number of esters is 2. The number of phosphoric ester groups is 1. The number of unbranched alkanes of at least 4 members (excludes halogenated alkanes) is 18. The standard InChI is InChI=1S/C55H96NO8P/c1-6-8-10-12-14-16-18-20-22-23-24-25-26-27-28-29-30-31-32-33-34-36-38-40-42-44-46-48-55(58)64-53(52-63-65(59,60)62-50-49-56(3,4)5)51-61-54(57)47-45-43-41-39-37-35-21-19-17-15-13-11-9-7-2/h8,10,13-16,19-22,24-25,27-28,53H,6-7,9,11-12,17-18,23,26,29-52H2,1-5H3/b10-8-,15-13-,16-14-,21-19-,22-20-,25-24-,28-27-. The molecule has 0 spiro atoms. The van der Waals surface area contributed by atoms with Gasteiger partial charge in [-0.1, -0.05) is 189 Å². The van der Waals surface area contributed by atoms with Crippen molar-refractivity contribution in [3.63, 3.8) is 0 Å². The molecule has 0 aromatic heterocycles. The Morgan fingerprint density at radius 2 is 0.877 bits per heavy atom. The Morgan fingerprint density at radius 1 is 0.492 bits per heavy atom. The number of ether oxygens (including phenoxy) is 2. The maximum Gasteiger partial charge on any atom is 0.306 e. The van der Waals surface area contributed by atoms with Crippen molar-refractivity contribution in [1.29, 1.82) is 0 Å². The van der Waals surface area contributed by atoms with Gasteiger partial charge in [-0.2, -0.15) is 0 Å². The number of carbonyl (C=O) groups is 2. The first-order valence-electron chi connectivity index (χ1n) is 25.8. The molecule has 374 valence electrons. The minimum atomic E-state index is -4.64. The van der Waals surface area contributed by atoms with Crippen molar-refractivity contribution in [3.8, 4) is 0 Å². The number of likely N-dealkylation sites (N-methyl/N-ethyl adjacent to an activating group) is 1. The Balaban J connectivity index is 4.22. The van der Waals surface area contributed by atoms with Gasteiger partial charge < -0.3 is 27.9 Å². The summed E-state index contributed by atoms with van der Waals surface area (Å²) in [5, 5.41) is 0. The highest BCUT2D eigenvalue weighted by molar-refractivity contribution is 7.45. The topological polar surface area (TPSA) is 111 Å². The molecule has 0 aliphatic heterocycles. The molecule has 9 nitrogen and oxygen atoms in total. The van der Waals surface area contributed by atoms with Crippen molar-refractivity contribution in [2.75, 3.05) is 47.5 Å². The largest absolute Gasteiger partial charge is 0.756 e. The Morgan fingerprint density at radius 3 is 1.31 bits per heavy atom. The highest BCUT2D eigenvalue weighted by atomic mass is 31.2. The summed E-state index contributed by atoms with van der Waals surface area (Å²) in [5.74, 6) is -0.858. The van der Waals surface area contributed by atoms with Gasteiger partial charge in [-0.3, -0.25) is 14.2 Å². The third-order valence-electron chi connectivity index (χ3n) is 10.6. The minimum absolute atomic E-state index is 0.0375. The van der Waals surface area contributed by atoms with Crippen molar-refractivity contribution in [2.45, 2.75) is 206 Å². The number of allylic oxidation sites excluding steroid dienone is 14. The molecule has 0 aromatic carbocycles. The van der Waals surface area contributed by atoms with Crippen LogP contribution in [0.5, 0.6) is 0 Å². The Kier molecular flexibility index (Phi) is 44.3. The van der Waals surface area contributed by atoms with Crippen molar-refractivity contribution in [3.05, 3.63) is 85.1 Å². The molecule has 0 N–H and O–H groups in total. The second kappa shape index (κ2) is 46.3. The first-order chi connectivity index (χ1) is 31.5. The molecule has 0 saturated heterocycles. The number of phosphoric acid groups is 1. The predicted molar refractivity (Wildman–Crippen MR) is 272 cm³/mol. The number of rotatable bonds is 46. The van der Waals surface area contributed by atoms with Gasteiger partial charge in [0.15, 0.2) is 6.10 Å². The molecular formula is C55H96NO8P.